The monoisotopic (exact) mass is 404 g/mol. The molecule has 0 aromatic heterocycles. The molecular weight excluding hydrogens is 379 g/mol. The summed E-state index contributed by atoms with van der Waals surface area (Å²) in [5, 5.41) is 2.67. The molecule has 150 valence electrons. The highest BCUT2D eigenvalue weighted by molar-refractivity contribution is 7.89. The summed E-state index contributed by atoms with van der Waals surface area (Å²) in [4.78, 5) is 11.5. The van der Waals surface area contributed by atoms with E-state index < -0.39 is 10.0 Å². The number of rotatable bonds is 4. The number of aryl methyl sites for hydroxylation is 1. The summed E-state index contributed by atoms with van der Waals surface area (Å²) in [5.74, 6) is -0.460. The van der Waals surface area contributed by atoms with Gasteiger partial charge in [-0.2, -0.15) is 4.31 Å². The number of anilines is 1. The fourth-order valence-corrected chi connectivity index (χ4v) is 5.42. The van der Waals surface area contributed by atoms with Gasteiger partial charge in [0.1, 0.15) is 5.82 Å². The van der Waals surface area contributed by atoms with Crippen molar-refractivity contribution in [2.45, 2.75) is 43.9 Å². The smallest absolute Gasteiger partial charge is 0.243 e. The van der Waals surface area contributed by atoms with E-state index in [1.807, 2.05) is 0 Å². The second-order valence-corrected chi connectivity index (χ2v) is 9.18. The zero-order chi connectivity index (χ0) is 20.3. The Hall–Kier alpha value is -2.25. The van der Waals surface area contributed by atoms with Crippen LogP contribution < -0.4 is 5.32 Å². The lowest BCUT2D eigenvalue weighted by Crippen LogP contribution is -2.34. The number of benzene rings is 2. The maximum Gasteiger partial charge on any atom is 0.243 e. The Morgan fingerprint density at radius 3 is 2.50 bits per heavy atom. The van der Waals surface area contributed by atoms with E-state index in [1.54, 1.807) is 37.3 Å². The van der Waals surface area contributed by atoms with Gasteiger partial charge in [0.05, 0.1) is 4.90 Å². The van der Waals surface area contributed by atoms with E-state index in [0.29, 0.717) is 24.3 Å². The molecule has 1 N–H and O–H groups in total. The number of hydrogen-bond acceptors (Lipinski definition) is 3. The highest BCUT2D eigenvalue weighted by Gasteiger charge is 2.30. The van der Waals surface area contributed by atoms with Crippen LogP contribution >= 0.6 is 0 Å². The van der Waals surface area contributed by atoms with Crippen LogP contribution in [0.1, 0.15) is 43.2 Å². The van der Waals surface area contributed by atoms with Gasteiger partial charge >= 0.3 is 0 Å². The Bertz CT molecular complexity index is 958. The van der Waals surface area contributed by atoms with Crippen LogP contribution in [-0.2, 0) is 14.8 Å². The van der Waals surface area contributed by atoms with Gasteiger partial charge in [-0.1, -0.05) is 18.6 Å². The van der Waals surface area contributed by atoms with Crippen molar-refractivity contribution in [2.75, 3.05) is 18.4 Å². The van der Waals surface area contributed by atoms with Gasteiger partial charge in [-0.25, -0.2) is 12.8 Å². The minimum Gasteiger partial charge on any atom is -0.326 e. The number of amides is 1. The molecule has 0 spiro atoms. The van der Waals surface area contributed by atoms with Crippen LogP contribution in [0.5, 0.6) is 0 Å². The molecule has 1 saturated heterocycles. The topological polar surface area (TPSA) is 66.5 Å². The van der Waals surface area contributed by atoms with Gasteiger partial charge in [-0.05, 0) is 67.1 Å². The Morgan fingerprint density at radius 1 is 1.14 bits per heavy atom. The van der Waals surface area contributed by atoms with E-state index in [0.717, 1.165) is 24.8 Å². The normalized spacial score (nSPS) is 18.5. The molecule has 1 atom stereocenters. The number of carbonyl (C=O) groups is 1. The first-order valence-electron chi connectivity index (χ1n) is 9.41. The van der Waals surface area contributed by atoms with Crippen LogP contribution in [0.3, 0.4) is 0 Å². The van der Waals surface area contributed by atoms with Gasteiger partial charge in [-0.3, -0.25) is 4.79 Å². The van der Waals surface area contributed by atoms with Crippen molar-refractivity contribution < 1.29 is 17.6 Å². The molecule has 5 nitrogen and oxygen atoms in total. The fraction of sp³-hybridized carbons (Fsp3) is 0.381. The molecule has 3 rings (SSSR count). The molecule has 7 heteroatoms. The third-order valence-electron chi connectivity index (χ3n) is 5.09. The van der Waals surface area contributed by atoms with Crippen molar-refractivity contribution in [1.82, 2.24) is 4.31 Å². The number of carbonyl (C=O) groups excluding carboxylic acids is 1. The van der Waals surface area contributed by atoms with Gasteiger partial charge in [0.15, 0.2) is 0 Å². The molecule has 1 aliphatic heterocycles. The summed E-state index contributed by atoms with van der Waals surface area (Å²) in [6.45, 7) is 3.98. The predicted molar refractivity (Wildman–Crippen MR) is 107 cm³/mol. The maximum absolute atomic E-state index is 13.3. The number of halogens is 1. The average molecular weight is 405 g/mol. The predicted octanol–water partition coefficient (Wildman–Crippen LogP) is 4.05. The summed E-state index contributed by atoms with van der Waals surface area (Å²) >= 11 is 0. The lowest BCUT2D eigenvalue weighted by atomic mass is 9.95. The fourth-order valence-electron chi connectivity index (χ4n) is 3.69. The maximum atomic E-state index is 13.3. The van der Waals surface area contributed by atoms with Crippen molar-refractivity contribution in [2.24, 2.45) is 0 Å². The zero-order valence-corrected chi connectivity index (χ0v) is 16.9. The van der Waals surface area contributed by atoms with Gasteiger partial charge in [0, 0.05) is 25.7 Å². The summed E-state index contributed by atoms with van der Waals surface area (Å²) in [6, 6.07) is 11.1. The Labute approximate surface area is 165 Å². The van der Waals surface area contributed by atoms with E-state index >= 15 is 0 Å². The van der Waals surface area contributed by atoms with Crippen molar-refractivity contribution >= 4 is 21.6 Å². The Kier molecular flexibility index (Phi) is 6.15. The molecule has 1 heterocycles. The Balaban J connectivity index is 1.87. The van der Waals surface area contributed by atoms with Gasteiger partial charge in [0.2, 0.25) is 15.9 Å². The van der Waals surface area contributed by atoms with Crippen LogP contribution in [0.15, 0.2) is 47.4 Å². The highest BCUT2D eigenvalue weighted by Crippen LogP contribution is 2.31. The number of nitrogens with one attached hydrogen (secondary N) is 1. The molecule has 1 aliphatic rings. The molecule has 0 aliphatic carbocycles. The molecule has 28 heavy (non-hydrogen) atoms. The molecule has 1 unspecified atom stereocenters. The molecule has 2 aromatic carbocycles. The lowest BCUT2D eigenvalue weighted by molar-refractivity contribution is -0.114. The molecule has 0 radical (unpaired) electrons. The standard InChI is InChI=1S/C21H25FN2O3S/c1-15-13-20(23-16(2)25)10-11-21(15)28(26,27)24-12-4-3-5-18(14-24)17-6-8-19(22)9-7-17/h6-11,13,18H,3-5,12,14H2,1-2H3,(H,23,25). The van der Waals surface area contributed by atoms with Crippen LogP contribution in [0.4, 0.5) is 10.1 Å². The van der Waals surface area contributed by atoms with Crippen LogP contribution in [0, 0.1) is 12.7 Å². The van der Waals surface area contributed by atoms with Crippen LogP contribution in [0.25, 0.3) is 0 Å². The molecule has 0 bridgehead atoms. The minimum atomic E-state index is -3.66. The third kappa shape index (κ3) is 4.59. The van der Waals surface area contributed by atoms with Crippen molar-refractivity contribution in [3.05, 3.63) is 59.4 Å². The molecule has 1 amide bonds. The first-order chi connectivity index (χ1) is 13.3. The van der Waals surface area contributed by atoms with E-state index in [9.17, 15) is 17.6 Å². The lowest BCUT2D eigenvalue weighted by Gasteiger charge is -2.25. The largest absolute Gasteiger partial charge is 0.326 e. The van der Waals surface area contributed by atoms with Crippen LogP contribution in [0.2, 0.25) is 0 Å². The van der Waals surface area contributed by atoms with E-state index in [2.05, 4.69) is 5.32 Å². The first-order valence-corrected chi connectivity index (χ1v) is 10.9. The molecular formula is C21H25FN2O3S. The van der Waals surface area contributed by atoms with E-state index in [1.165, 1.54) is 23.4 Å². The second-order valence-electron chi connectivity index (χ2n) is 7.27. The third-order valence-corrected chi connectivity index (χ3v) is 7.11. The zero-order valence-electron chi connectivity index (χ0n) is 16.1. The minimum absolute atomic E-state index is 0.0387. The van der Waals surface area contributed by atoms with E-state index in [4.69, 9.17) is 0 Å². The van der Waals surface area contributed by atoms with Gasteiger partial charge in [0.25, 0.3) is 0 Å². The first kappa shape index (κ1) is 20.5. The summed E-state index contributed by atoms with van der Waals surface area (Å²) in [5.41, 5.74) is 2.12. The SMILES string of the molecule is CC(=O)Nc1ccc(S(=O)(=O)N2CCCCC(c3ccc(F)cc3)C2)c(C)c1. The summed E-state index contributed by atoms with van der Waals surface area (Å²) in [6.07, 6.45) is 2.59. The quantitative estimate of drug-likeness (QED) is 0.836. The van der Waals surface area contributed by atoms with Gasteiger partial charge in [-0.15, -0.1) is 0 Å². The average Bonchev–Trinajstić information content (AvgIpc) is 2.88. The number of nitrogens with zero attached hydrogens (tertiary/aromatic N) is 1. The second kappa shape index (κ2) is 8.41. The number of hydrogen-bond donors (Lipinski definition) is 1. The van der Waals surface area contributed by atoms with Crippen LogP contribution in [-0.4, -0.2) is 31.7 Å². The van der Waals surface area contributed by atoms with Crippen molar-refractivity contribution in [1.29, 1.82) is 0 Å². The van der Waals surface area contributed by atoms with Crippen molar-refractivity contribution in [3.63, 3.8) is 0 Å². The highest BCUT2D eigenvalue weighted by atomic mass is 32.2. The van der Waals surface area contributed by atoms with E-state index in [-0.39, 0.29) is 22.5 Å². The van der Waals surface area contributed by atoms with Crippen molar-refractivity contribution in [3.8, 4) is 0 Å². The summed E-state index contributed by atoms with van der Waals surface area (Å²) < 4.78 is 41.4. The number of sulfonamides is 1. The Morgan fingerprint density at radius 2 is 1.86 bits per heavy atom. The van der Waals surface area contributed by atoms with Gasteiger partial charge < -0.3 is 5.32 Å². The summed E-state index contributed by atoms with van der Waals surface area (Å²) in [7, 11) is -3.66. The molecule has 1 fully saturated rings. The molecule has 2 aromatic rings. The molecule has 0 saturated carbocycles.